The van der Waals surface area contributed by atoms with Gasteiger partial charge in [0.15, 0.2) is 5.82 Å². The Kier molecular flexibility index (Phi) is 6.39. The largest absolute Gasteiger partial charge is 0.355 e. The van der Waals surface area contributed by atoms with Crippen LogP contribution in [0.2, 0.25) is 0 Å². The Hall–Kier alpha value is -1.05. The number of nitrogens with one attached hydrogen (secondary N) is 2. The lowest BCUT2D eigenvalue weighted by molar-refractivity contribution is 0.0953. The summed E-state index contributed by atoms with van der Waals surface area (Å²) in [5.74, 6) is 1.96. The first-order valence-electron chi connectivity index (χ1n) is 11.2. The topological polar surface area (TPSA) is 66.0 Å². The summed E-state index contributed by atoms with van der Waals surface area (Å²) in [6.07, 6.45) is 14.4. The second kappa shape index (κ2) is 9.21. The van der Waals surface area contributed by atoms with Crippen molar-refractivity contribution in [1.29, 1.82) is 0 Å². The van der Waals surface area contributed by atoms with Gasteiger partial charge in [0.1, 0.15) is 11.5 Å². The number of rotatable bonds is 4. The van der Waals surface area contributed by atoms with Crippen LogP contribution in [-0.2, 0) is 12.8 Å². The van der Waals surface area contributed by atoms with E-state index in [-0.39, 0.29) is 6.04 Å². The number of fused-ring (bicyclic) bond motifs is 1. The zero-order chi connectivity index (χ0) is 20.4. The summed E-state index contributed by atoms with van der Waals surface area (Å²) < 4.78 is 0. The Balaban J connectivity index is 1.38. The molecule has 1 saturated carbocycles. The van der Waals surface area contributed by atoms with E-state index in [4.69, 9.17) is 9.97 Å². The van der Waals surface area contributed by atoms with Gasteiger partial charge in [-0.3, -0.25) is 9.97 Å². The lowest BCUT2D eigenvalue weighted by Gasteiger charge is -2.48. The average Bonchev–Trinajstić information content (AvgIpc) is 2.74. The van der Waals surface area contributed by atoms with E-state index in [0.29, 0.717) is 11.8 Å². The van der Waals surface area contributed by atoms with Gasteiger partial charge in [-0.25, -0.2) is 4.98 Å². The van der Waals surface area contributed by atoms with Gasteiger partial charge in [0, 0.05) is 31.4 Å². The second-order valence-electron chi connectivity index (χ2n) is 8.95. The van der Waals surface area contributed by atoms with E-state index in [0.717, 1.165) is 56.2 Å². The first-order valence-corrected chi connectivity index (χ1v) is 15.3. The average molecular weight is 536 g/mol. The van der Waals surface area contributed by atoms with Crippen LogP contribution in [0.3, 0.4) is 0 Å². The molecule has 0 bridgehead atoms. The number of piperidine rings is 1. The van der Waals surface area contributed by atoms with Crippen LogP contribution in [0.1, 0.15) is 61.5 Å². The third-order valence-electron chi connectivity index (χ3n) is 7.24. The molecule has 2 atom stereocenters. The zero-order valence-corrected chi connectivity index (χ0v) is 20.5. The Morgan fingerprint density at radius 3 is 2.80 bits per heavy atom. The molecule has 2 aromatic heterocycles. The molecule has 0 aromatic carbocycles. The Labute approximate surface area is 193 Å². The van der Waals surface area contributed by atoms with Crippen LogP contribution in [0.25, 0.3) is 0 Å². The molecule has 4 heterocycles. The molecule has 8 heteroatoms. The fraction of sp³-hybridized carbons (Fsp3) is 0.591. The summed E-state index contributed by atoms with van der Waals surface area (Å²) in [6, 6.07) is 4.41. The van der Waals surface area contributed by atoms with Crippen LogP contribution in [0.15, 0.2) is 24.5 Å². The van der Waals surface area contributed by atoms with Crippen molar-refractivity contribution < 1.29 is 0 Å². The van der Waals surface area contributed by atoms with E-state index in [1.165, 1.54) is 43.4 Å². The normalized spacial score (nSPS) is 23.6. The van der Waals surface area contributed by atoms with Crippen LogP contribution in [0.5, 0.6) is 0 Å². The second-order valence-corrected chi connectivity index (χ2v) is 11.0. The number of hydrogen-bond donors (Lipinski definition) is 2. The van der Waals surface area contributed by atoms with Gasteiger partial charge in [0.05, 0.1) is 12.2 Å². The molecule has 160 valence electrons. The van der Waals surface area contributed by atoms with E-state index in [9.17, 15) is 0 Å². The van der Waals surface area contributed by atoms with E-state index < -0.39 is 0 Å². The van der Waals surface area contributed by atoms with E-state index in [1.807, 2.05) is 18.5 Å². The van der Waals surface area contributed by atoms with Gasteiger partial charge >= 0.3 is 0 Å². The van der Waals surface area contributed by atoms with Crippen LogP contribution >= 0.6 is 28.4 Å². The first-order chi connectivity index (χ1) is 14.8. The number of anilines is 2. The highest BCUT2D eigenvalue weighted by Crippen LogP contribution is 2.49. The molecule has 2 fully saturated rings. The summed E-state index contributed by atoms with van der Waals surface area (Å²) in [5, 5.41) is 7.23. The van der Waals surface area contributed by atoms with Crippen molar-refractivity contribution in [1.82, 2.24) is 20.3 Å². The van der Waals surface area contributed by atoms with Gasteiger partial charge in [-0.1, -0.05) is 12.5 Å². The molecule has 6 nitrogen and oxygen atoms in total. The number of nitrogens with zero attached hydrogens (tertiary/aromatic N) is 4. The summed E-state index contributed by atoms with van der Waals surface area (Å²) in [6.45, 7) is 3.20. The molecule has 5 rings (SSSR count). The summed E-state index contributed by atoms with van der Waals surface area (Å²) in [5.41, 5.74) is 4.24. The smallest absolute Gasteiger partial charge is 0.155 e. The van der Waals surface area contributed by atoms with Crippen molar-refractivity contribution in [3.8, 4) is 0 Å². The third kappa shape index (κ3) is 4.30. The maximum atomic E-state index is 5.06. The van der Waals surface area contributed by atoms with Gasteiger partial charge in [-0.15, -0.1) is 0 Å². The Bertz CT molecular complexity index is 880. The maximum absolute atomic E-state index is 5.06. The molecule has 1 aliphatic carbocycles. The number of hydrogen-bond acceptors (Lipinski definition) is 6. The highest BCUT2D eigenvalue weighted by atomic mass is 127. The fourth-order valence-corrected chi connectivity index (χ4v) is 6.26. The molecular weight excluding hydrogens is 506 g/mol. The molecule has 0 radical (unpaired) electrons. The Morgan fingerprint density at radius 1 is 1.17 bits per heavy atom. The van der Waals surface area contributed by atoms with Crippen LogP contribution in [-0.4, -0.2) is 34.6 Å². The van der Waals surface area contributed by atoms with Crippen LogP contribution in [0.4, 0.5) is 11.6 Å². The van der Waals surface area contributed by atoms with Gasteiger partial charge in [-0.05, 0) is 90.6 Å². The van der Waals surface area contributed by atoms with Gasteiger partial charge in [-0.2, -0.15) is 0 Å². The van der Waals surface area contributed by atoms with Crippen molar-refractivity contribution >= 4 is 40.1 Å². The number of halogens is 1. The summed E-state index contributed by atoms with van der Waals surface area (Å²) >= 11 is 2.38. The van der Waals surface area contributed by atoms with Gasteiger partial charge in [0.25, 0.3) is 0 Å². The van der Waals surface area contributed by atoms with E-state index in [2.05, 4.69) is 48.4 Å². The molecule has 2 unspecified atom stereocenters. The fourth-order valence-electron chi connectivity index (χ4n) is 5.22. The monoisotopic (exact) mass is 536 g/mol. The van der Waals surface area contributed by atoms with Crippen LogP contribution < -0.4 is 15.3 Å². The number of aryl methyl sites for hydroxylation is 1. The highest BCUT2D eigenvalue weighted by Gasteiger charge is 2.39. The predicted molar refractivity (Wildman–Crippen MR) is 133 cm³/mol. The third-order valence-corrected chi connectivity index (χ3v) is 8.38. The molecule has 1 saturated heterocycles. The minimum absolute atomic E-state index is 0.157. The van der Waals surface area contributed by atoms with E-state index in [1.54, 1.807) is 0 Å². The zero-order valence-electron chi connectivity index (χ0n) is 17.3. The molecular formula is C22H30IN6P. The molecule has 2 aliphatic heterocycles. The maximum Gasteiger partial charge on any atom is 0.155 e. The van der Waals surface area contributed by atoms with Gasteiger partial charge in [0.2, 0.25) is 0 Å². The van der Waals surface area contributed by atoms with Crippen molar-refractivity contribution in [3.63, 3.8) is 0 Å². The van der Waals surface area contributed by atoms with Gasteiger partial charge < -0.3 is 15.3 Å². The lowest BCUT2D eigenvalue weighted by atomic mass is 9.63. The molecule has 0 amide bonds. The standard InChI is InChI=1S/C22H30IN6P/c23-30-28-21-20(18-14-16-4-1-10-24-17(16)5-2-11-25-18)26-15-19(27-21)29-12-8-22(9-13-29)6-3-7-22/h1,4,10,15,18,25,30H,2-3,5-9,11-14H2,(H,27,28). The first kappa shape index (κ1) is 20.8. The minimum atomic E-state index is 0.157. The molecule has 3 aliphatic rings. The molecule has 1 spiro atoms. The summed E-state index contributed by atoms with van der Waals surface area (Å²) in [4.78, 5) is 17.1. The highest BCUT2D eigenvalue weighted by molar-refractivity contribution is 14.2. The number of aromatic nitrogens is 3. The molecule has 2 N–H and O–H groups in total. The number of pyridine rings is 1. The van der Waals surface area contributed by atoms with Crippen molar-refractivity contribution in [2.75, 3.05) is 29.6 Å². The van der Waals surface area contributed by atoms with E-state index >= 15 is 0 Å². The molecule has 30 heavy (non-hydrogen) atoms. The molecule has 2 aromatic rings. The Morgan fingerprint density at radius 2 is 2.03 bits per heavy atom. The van der Waals surface area contributed by atoms with Crippen molar-refractivity contribution in [2.24, 2.45) is 5.41 Å². The minimum Gasteiger partial charge on any atom is -0.355 e. The van der Waals surface area contributed by atoms with Crippen LogP contribution in [0, 0.1) is 5.41 Å². The quantitative estimate of drug-likeness (QED) is 0.432. The van der Waals surface area contributed by atoms with Crippen molar-refractivity contribution in [2.45, 2.75) is 57.4 Å². The summed E-state index contributed by atoms with van der Waals surface area (Å²) in [7, 11) is 0. The van der Waals surface area contributed by atoms with Crippen molar-refractivity contribution in [3.05, 3.63) is 41.5 Å². The lowest BCUT2D eigenvalue weighted by Crippen LogP contribution is -2.44. The SMILES string of the molecule is IPNc1nc(N2CCC3(CCC3)CC2)cnc1C1Cc2cccnc2CCCN1. The predicted octanol–water partition coefficient (Wildman–Crippen LogP) is 4.82.